The van der Waals surface area contributed by atoms with Gasteiger partial charge in [-0.3, -0.25) is 9.59 Å². The van der Waals surface area contributed by atoms with Crippen LogP contribution in [0.4, 0.5) is 0 Å². The van der Waals surface area contributed by atoms with Gasteiger partial charge in [-0.05, 0) is 33.4 Å². The molecule has 0 aliphatic rings. The number of hydrogen-bond donors (Lipinski definition) is 2. The summed E-state index contributed by atoms with van der Waals surface area (Å²) >= 11 is 11.9. The van der Waals surface area contributed by atoms with E-state index in [0.29, 0.717) is 0 Å². The van der Waals surface area contributed by atoms with E-state index < -0.39 is 12.1 Å². The Morgan fingerprint density at radius 3 is 1.22 bits per heavy atom. The van der Waals surface area contributed by atoms with Gasteiger partial charge in [0.05, 0.1) is 12.1 Å². The van der Waals surface area contributed by atoms with Crippen LogP contribution in [0, 0.1) is 0 Å². The van der Waals surface area contributed by atoms with Crippen LogP contribution >= 0.6 is 23.2 Å². The maximum Gasteiger partial charge on any atom is 0.235 e. The molecule has 2 atom stereocenters. The van der Waals surface area contributed by atoms with E-state index in [9.17, 15) is 9.59 Å². The summed E-state index contributed by atoms with van der Waals surface area (Å²) in [7, 11) is 0. The van der Waals surface area contributed by atoms with Crippen molar-refractivity contribution in [3.05, 3.63) is 120 Å². The van der Waals surface area contributed by atoms with Crippen molar-refractivity contribution in [1.29, 1.82) is 0 Å². The zero-order valence-corrected chi connectivity index (χ0v) is 21.0. The van der Waals surface area contributed by atoms with Crippen molar-refractivity contribution in [2.24, 2.45) is 0 Å². The highest BCUT2D eigenvalue weighted by Gasteiger charge is 2.31. The van der Waals surface area contributed by atoms with Crippen LogP contribution in [0.5, 0.6) is 0 Å². The Hall–Kier alpha value is -3.60. The van der Waals surface area contributed by atoms with Gasteiger partial charge in [0.15, 0.2) is 0 Å². The molecule has 0 saturated carbocycles. The Morgan fingerprint density at radius 2 is 0.861 bits per heavy atom. The molecule has 4 rings (SSSR count). The molecule has 0 spiro atoms. The quantitative estimate of drug-likeness (QED) is 0.249. The van der Waals surface area contributed by atoms with Crippen molar-refractivity contribution in [3.63, 3.8) is 0 Å². The molecule has 0 aromatic heterocycles. The van der Waals surface area contributed by atoms with Crippen LogP contribution in [0.1, 0.15) is 23.2 Å². The Bertz CT molecular complexity index is 1210. The summed E-state index contributed by atoms with van der Waals surface area (Å²) in [6.07, 6.45) is 0. The van der Waals surface area contributed by atoms with Gasteiger partial charge in [0.2, 0.25) is 11.8 Å². The van der Waals surface area contributed by atoms with Gasteiger partial charge in [-0.1, -0.05) is 109 Å². The van der Waals surface area contributed by atoms with Crippen LogP contribution in [0.15, 0.2) is 109 Å². The van der Waals surface area contributed by atoms with Gasteiger partial charge in [-0.15, -0.1) is 23.2 Å². The third-order valence-electron chi connectivity index (χ3n) is 5.97. The molecule has 0 saturated heterocycles. The van der Waals surface area contributed by atoms with E-state index in [4.69, 9.17) is 23.2 Å². The first kappa shape index (κ1) is 25.5. The molecule has 0 aliphatic heterocycles. The van der Waals surface area contributed by atoms with Gasteiger partial charge < -0.3 is 10.6 Å². The second-order valence-electron chi connectivity index (χ2n) is 8.26. The summed E-state index contributed by atoms with van der Waals surface area (Å²) < 4.78 is 0. The van der Waals surface area contributed by atoms with Gasteiger partial charge in [-0.25, -0.2) is 0 Å². The highest BCUT2D eigenvalue weighted by Crippen LogP contribution is 2.39. The molecule has 4 aromatic rings. The molecule has 2 amide bonds. The average molecular weight is 517 g/mol. The summed E-state index contributed by atoms with van der Waals surface area (Å²) in [6, 6.07) is 34.3. The lowest BCUT2D eigenvalue weighted by molar-refractivity contribution is -0.122. The van der Waals surface area contributed by atoms with Crippen molar-refractivity contribution in [1.82, 2.24) is 10.6 Å². The smallest absolute Gasteiger partial charge is 0.235 e. The van der Waals surface area contributed by atoms with E-state index in [0.717, 1.165) is 33.4 Å². The molecule has 4 aromatic carbocycles. The summed E-state index contributed by atoms with van der Waals surface area (Å²) in [6.45, 7) is 0. The number of carbonyl (C=O) groups excluding carboxylic acids is 2. The number of alkyl halides is 2. The van der Waals surface area contributed by atoms with E-state index in [1.807, 2.05) is 109 Å². The van der Waals surface area contributed by atoms with Crippen LogP contribution in [0.3, 0.4) is 0 Å². The molecule has 0 aliphatic carbocycles. The Morgan fingerprint density at radius 1 is 0.528 bits per heavy atom. The Balaban J connectivity index is 1.93. The largest absolute Gasteiger partial charge is 0.346 e. The molecule has 182 valence electrons. The number of halogens is 2. The topological polar surface area (TPSA) is 58.2 Å². The zero-order valence-electron chi connectivity index (χ0n) is 19.5. The summed E-state index contributed by atoms with van der Waals surface area (Å²) in [5.41, 5.74) is 5.59. The summed E-state index contributed by atoms with van der Waals surface area (Å²) in [4.78, 5) is 25.4. The molecule has 0 radical (unpaired) electrons. The van der Waals surface area contributed by atoms with Crippen molar-refractivity contribution in [2.45, 2.75) is 12.1 Å². The number of benzene rings is 4. The second-order valence-corrected chi connectivity index (χ2v) is 8.80. The van der Waals surface area contributed by atoms with E-state index >= 15 is 0 Å². The van der Waals surface area contributed by atoms with Gasteiger partial charge in [-0.2, -0.15) is 0 Å². The van der Waals surface area contributed by atoms with E-state index in [2.05, 4.69) is 10.6 Å². The van der Waals surface area contributed by atoms with E-state index in [1.54, 1.807) is 0 Å². The molecule has 0 unspecified atom stereocenters. The first-order chi connectivity index (χ1) is 17.6. The molecule has 0 heterocycles. The van der Waals surface area contributed by atoms with Gasteiger partial charge in [0.25, 0.3) is 0 Å². The fourth-order valence-electron chi connectivity index (χ4n) is 4.40. The maximum atomic E-state index is 12.7. The van der Waals surface area contributed by atoms with Crippen LogP contribution < -0.4 is 10.6 Å². The fraction of sp³-hybridized carbons (Fsp3) is 0.133. The number of carbonyl (C=O) groups is 2. The normalized spacial score (nSPS) is 12.4. The molecule has 2 N–H and O–H groups in total. The molecule has 6 heteroatoms. The number of rotatable bonds is 9. The minimum atomic E-state index is -0.621. The summed E-state index contributed by atoms with van der Waals surface area (Å²) in [5, 5.41) is 6.14. The molecular weight excluding hydrogens is 491 g/mol. The van der Waals surface area contributed by atoms with Crippen LogP contribution in [0.25, 0.3) is 22.3 Å². The van der Waals surface area contributed by atoms with Crippen molar-refractivity contribution < 1.29 is 9.59 Å². The molecule has 0 bridgehead atoms. The van der Waals surface area contributed by atoms with Crippen LogP contribution in [-0.2, 0) is 9.59 Å². The predicted molar refractivity (Wildman–Crippen MR) is 147 cm³/mol. The molecule has 0 fully saturated rings. The number of nitrogens with one attached hydrogen (secondary N) is 2. The van der Waals surface area contributed by atoms with Crippen LogP contribution in [0.2, 0.25) is 0 Å². The van der Waals surface area contributed by atoms with Gasteiger partial charge >= 0.3 is 0 Å². The highest BCUT2D eigenvalue weighted by molar-refractivity contribution is 6.27. The molecule has 4 nitrogen and oxygen atoms in total. The predicted octanol–water partition coefficient (Wildman–Crippen LogP) is 6.51. The maximum absolute atomic E-state index is 12.7. The van der Waals surface area contributed by atoms with E-state index in [-0.39, 0.29) is 23.6 Å². The first-order valence-corrected chi connectivity index (χ1v) is 12.7. The van der Waals surface area contributed by atoms with Gasteiger partial charge in [0.1, 0.15) is 11.8 Å². The van der Waals surface area contributed by atoms with Crippen molar-refractivity contribution in [2.75, 3.05) is 11.8 Å². The van der Waals surface area contributed by atoms with Gasteiger partial charge in [0, 0.05) is 0 Å². The first-order valence-electron chi connectivity index (χ1n) is 11.6. The minimum absolute atomic E-state index is 0.208. The third-order valence-corrected chi connectivity index (χ3v) is 6.46. The minimum Gasteiger partial charge on any atom is -0.346 e. The molecule has 36 heavy (non-hydrogen) atoms. The third kappa shape index (κ3) is 5.96. The average Bonchev–Trinajstić information content (AvgIpc) is 2.95. The van der Waals surface area contributed by atoms with Crippen molar-refractivity contribution >= 4 is 35.0 Å². The standard InChI is InChI=1S/C30H26Cl2N2O2/c31-19-27(35)33-29(25-17-9-7-15-23(25)21-11-3-1-4-12-21)30(34-28(36)20-32)26-18-10-8-16-24(26)22-13-5-2-6-14-22/h1-18,29-30H,19-20H2,(H,33,35)(H,34,36)/t29-,30-/m0/s1. The lowest BCUT2D eigenvalue weighted by Crippen LogP contribution is -2.42. The Kier molecular flexibility index (Phi) is 8.77. The second kappa shape index (κ2) is 12.4. The fourth-order valence-corrected chi connectivity index (χ4v) is 4.56. The van der Waals surface area contributed by atoms with E-state index in [1.165, 1.54) is 0 Å². The Labute approximate surface area is 221 Å². The lowest BCUT2D eigenvalue weighted by Gasteiger charge is -2.32. The summed E-state index contributed by atoms with van der Waals surface area (Å²) in [5.74, 6) is -1.10. The highest BCUT2D eigenvalue weighted by atomic mass is 35.5. The zero-order chi connectivity index (χ0) is 25.3. The number of hydrogen-bond acceptors (Lipinski definition) is 2. The van der Waals surface area contributed by atoms with Crippen molar-refractivity contribution in [3.8, 4) is 22.3 Å². The number of amides is 2. The lowest BCUT2D eigenvalue weighted by atomic mass is 9.85. The molecular formula is C30H26Cl2N2O2. The van der Waals surface area contributed by atoms with Crippen LogP contribution in [-0.4, -0.2) is 23.6 Å². The monoisotopic (exact) mass is 516 g/mol. The SMILES string of the molecule is O=C(CCl)N[C@@H](c1ccccc1-c1ccccc1)[C@@H](NC(=O)CCl)c1ccccc1-c1ccccc1.